The molecule has 0 amide bonds. The molecule has 0 atom stereocenters. The van der Waals surface area contributed by atoms with Crippen LogP contribution in [0.15, 0.2) is 45.6 Å². The van der Waals surface area contributed by atoms with Crippen LogP contribution in [0.2, 0.25) is 0 Å². The Bertz CT molecular complexity index is 1190. The maximum absolute atomic E-state index is 13.1. The summed E-state index contributed by atoms with van der Waals surface area (Å²) >= 11 is 0. The predicted octanol–water partition coefficient (Wildman–Crippen LogP) is 2.76. The van der Waals surface area contributed by atoms with Gasteiger partial charge in [0.15, 0.2) is 11.0 Å². The van der Waals surface area contributed by atoms with Crippen LogP contribution in [0.5, 0.6) is 11.5 Å². The maximum atomic E-state index is 13.1. The van der Waals surface area contributed by atoms with E-state index in [1.165, 1.54) is 12.1 Å². The number of fused-ring (bicyclic) bond motifs is 1. The van der Waals surface area contributed by atoms with Gasteiger partial charge in [0.1, 0.15) is 28.3 Å². The molecule has 3 heterocycles. The zero-order chi connectivity index (χ0) is 22.9. The third-order valence-corrected chi connectivity index (χ3v) is 6.49. The number of ether oxygens (including phenoxy) is 2. The lowest BCUT2D eigenvalue weighted by Crippen LogP contribution is -2.44. The molecule has 2 aliphatic rings. The first-order chi connectivity index (χ1) is 16.0. The third-order valence-electron chi connectivity index (χ3n) is 6.49. The summed E-state index contributed by atoms with van der Waals surface area (Å²) in [5.41, 5.74) is 2.68. The molecule has 1 aromatic heterocycles. The average Bonchev–Trinajstić information content (AvgIpc) is 2.84. The molecule has 33 heavy (non-hydrogen) atoms. The van der Waals surface area contributed by atoms with E-state index in [0.29, 0.717) is 49.1 Å². The van der Waals surface area contributed by atoms with Crippen molar-refractivity contribution in [2.45, 2.75) is 0 Å². The predicted molar refractivity (Wildman–Crippen MR) is 129 cm³/mol. The van der Waals surface area contributed by atoms with Crippen molar-refractivity contribution in [3.63, 3.8) is 0 Å². The molecule has 2 aromatic carbocycles. The van der Waals surface area contributed by atoms with Crippen LogP contribution >= 0.6 is 0 Å². The fourth-order valence-corrected chi connectivity index (χ4v) is 4.56. The average molecular weight is 452 g/mol. The van der Waals surface area contributed by atoms with Gasteiger partial charge in [-0.05, 0) is 31.3 Å². The van der Waals surface area contributed by atoms with Crippen LogP contribution in [0.3, 0.4) is 0 Å². The molecule has 0 saturated carbocycles. The lowest BCUT2D eigenvalue weighted by molar-refractivity contribution is 0.122. The van der Waals surface area contributed by atoms with Crippen LogP contribution in [-0.4, -0.2) is 76.6 Å². The maximum Gasteiger partial charge on any atom is 0.197 e. The van der Waals surface area contributed by atoms with Crippen LogP contribution in [0.4, 0.5) is 11.4 Å². The molecule has 8 nitrogen and oxygen atoms in total. The summed E-state index contributed by atoms with van der Waals surface area (Å²) < 4.78 is 17.3. The molecule has 174 valence electrons. The number of hydrogen-bond acceptors (Lipinski definition) is 8. The molecule has 1 N–H and O–H groups in total. The number of phenolic OH excluding ortho intramolecular Hbond substituents is 1. The van der Waals surface area contributed by atoms with Crippen LogP contribution < -0.4 is 20.0 Å². The standard InChI is InChI=1S/C25H29N3O5/c1-26-7-9-27(10-8-26)18-5-3-17(4-6-18)21-15-19(29)23-20(30)16-22(31-2)24(25(23)33-21)28-11-13-32-14-12-28/h3-6,15-16,30H,7-14H2,1-2H3. The second-order valence-electron chi connectivity index (χ2n) is 8.56. The third kappa shape index (κ3) is 4.12. The van der Waals surface area contributed by atoms with E-state index in [4.69, 9.17) is 13.9 Å². The van der Waals surface area contributed by atoms with Gasteiger partial charge >= 0.3 is 0 Å². The number of piperazine rings is 1. The van der Waals surface area contributed by atoms with E-state index in [1.54, 1.807) is 7.11 Å². The second kappa shape index (κ2) is 8.96. The van der Waals surface area contributed by atoms with Crippen molar-refractivity contribution in [1.82, 2.24) is 4.90 Å². The molecule has 2 saturated heterocycles. The van der Waals surface area contributed by atoms with Gasteiger partial charge in [0.2, 0.25) is 0 Å². The molecule has 2 fully saturated rings. The second-order valence-corrected chi connectivity index (χ2v) is 8.56. The highest BCUT2D eigenvalue weighted by Crippen LogP contribution is 2.42. The molecule has 8 heteroatoms. The molecule has 0 bridgehead atoms. The zero-order valence-electron chi connectivity index (χ0n) is 19.0. The van der Waals surface area contributed by atoms with Gasteiger partial charge in [-0.25, -0.2) is 0 Å². The molecule has 3 aromatic rings. The van der Waals surface area contributed by atoms with Crippen LogP contribution in [0.25, 0.3) is 22.3 Å². The Morgan fingerprint density at radius 2 is 1.64 bits per heavy atom. The van der Waals surface area contributed by atoms with Crippen LogP contribution in [0.1, 0.15) is 0 Å². The summed E-state index contributed by atoms with van der Waals surface area (Å²) in [5, 5.41) is 10.7. The molecular weight excluding hydrogens is 422 g/mol. The van der Waals surface area contributed by atoms with Crippen molar-refractivity contribution in [3.05, 3.63) is 46.6 Å². The number of anilines is 2. The topological polar surface area (TPSA) is 78.6 Å². The SMILES string of the molecule is COc1cc(O)c2c(=O)cc(-c3ccc(N4CCN(C)CC4)cc3)oc2c1N1CCOCC1. The molecular formula is C25H29N3O5. The number of morpholine rings is 1. The molecule has 2 aliphatic heterocycles. The van der Waals surface area contributed by atoms with E-state index in [1.807, 2.05) is 12.1 Å². The fraction of sp³-hybridized carbons (Fsp3) is 0.400. The molecule has 5 rings (SSSR count). The Balaban J connectivity index is 1.57. The smallest absolute Gasteiger partial charge is 0.197 e. The number of rotatable bonds is 4. The fourth-order valence-electron chi connectivity index (χ4n) is 4.56. The number of likely N-dealkylation sites (N-methyl/N-ethyl adjacent to an activating group) is 1. The first kappa shape index (κ1) is 21.6. The Morgan fingerprint density at radius 1 is 0.939 bits per heavy atom. The number of aromatic hydroxyl groups is 1. The molecule has 0 unspecified atom stereocenters. The lowest BCUT2D eigenvalue weighted by Gasteiger charge is -2.34. The number of phenols is 1. The number of nitrogens with zero attached hydrogens (tertiary/aromatic N) is 3. The highest BCUT2D eigenvalue weighted by atomic mass is 16.5. The zero-order valence-corrected chi connectivity index (χ0v) is 19.0. The monoisotopic (exact) mass is 451 g/mol. The van der Waals surface area contributed by atoms with Crippen molar-refractivity contribution in [3.8, 4) is 22.8 Å². The first-order valence-corrected chi connectivity index (χ1v) is 11.3. The summed E-state index contributed by atoms with van der Waals surface area (Å²) in [6.45, 7) is 6.49. The highest BCUT2D eigenvalue weighted by molar-refractivity contribution is 5.97. The van der Waals surface area contributed by atoms with E-state index in [0.717, 1.165) is 37.4 Å². The number of methoxy groups -OCH3 is 1. The summed E-state index contributed by atoms with van der Waals surface area (Å²) in [6.07, 6.45) is 0. The van der Waals surface area contributed by atoms with Gasteiger partial charge < -0.3 is 33.7 Å². The van der Waals surface area contributed by atoms with Crippen LogP contribution in [-0.2, 0) is 4.74 Å². The van der Waals surface area contributed by atoms with E-state index >= 15 is 0 Å². The van der Waals surface area contributed by atoms with Crippen molar-refractivity contribution in [2.75, 3.05) is 76.4 Å². The summed E-state index contributed by atoms with van der Waals surface area (Å²) in [4.78, 5) is 19.8. The van der Waals surface area contributed by atoms with E-state index in [-0.39, 0.29) is 16.6 Å². The van der Waals surface area contributed by atoms with Crippen molar-refractivity contribution < 1.29 is 19.0 Å². The van der Waals surface area contributed by atoms with E-state index in [2.05, 4.69) is 33.9 Å². The van der Waals surface area contributed by atoms with Gasteiger partial charge in [-0.15, -0.1) is 0 Å². The van der Waals surface area contributed by atoms with Gasteiger partial charge in [0.25, 0.3) is 0 Å². The summed E-state index contributed by atoms with van der Waals surface area (Å²) in [7, 11) is 3.68. The Morgan fingerprint density at radius 3 is 2.30 bits per heavy atom. The van der Waals surface area contributed by atoms with Crippen molar-refractivity contribution in [2.24, 2.45) is 0 Å². The Hall–Kier alpha value is -3.23. The van der Waals surface area contributed by atoms with E-state index < -0.39 is 0 Å². The largest absolute Gasteiger partial charge is 0.507 e. The lowest BCUT2D eigenvalue weighted by atomic mass is 10.1. The van der Waals surface area contributed by atoms with E-state index in [9.17, 15) is 9.90 Å². The summed E-state index contributed by atoms with van der Waals surface area (Å²) in [6, 6.07) is 11.0. The van der Waals surface area contributed by atoms with Gasteiger partial charge in [0, 0.05) is 62.7 Å². The van der Waals surface area contributed by atoms with Gasteiger partial charge in [0.05, 0.1) is 20.3 Å². The minimum atomic E-state index is -0.288. The highest BCUT2D eigenvalue weighted by Gasteiger charge is 2.25. The quantitative estimate of drug-likeness (QED) is 0.649. The Labute approximate surface area is 192 Å². The van der Waals surface area contributed by atoms with Gasteiger partial charge in [-0.3, -0.25) is 4.79 Å². The number of benzene rings is 2. The van der Waals surface area contributed by atoms with Crippen molar-refractivity contribution in [1.29, 1.82) is 0 Å². The molecule has 0 aliphatic carbocycles. The van der Waals surface area contributed by atoms with Crippen molar-refractivity contribution >= 4 is 22.3 Å². The van der Waals surface area contributed by atoms with Crippen LogP contribution in [0, 0.1) is 0 Å². The Kier molecular flexibility index (Phi) is 5.86. The van der Waals surface area contributed by atoms with Gasteiger partial charge in [-0.2, -0.15) is 0 Å². The summed E-state index contributed by atoms with van der Waals surface area (Å²) in [5.74, 6) is 0.775. The minimum Gasteiger partial charge on any atom is -0.507 e. The first-order valence-electron chi connectivity index (χ1n) is 11.3. The van der Waals surface area contributed by atoms with Gasteiger partial charge in [-0.1, -0.05) is 0 Å². The molecule has 0 radical (unpaired) electrons. The molecule has 0 spiro atoms. The number of hydrogen-bond donors (Lipinski definition) is 1. The normalized spacial score (nSPS) is 17.5. The minimum absolute atomic E-state index is 0.149.